The Bertz CT molecular complexity index is 3400. The Morgan fingerprint density at radius 2 is 0.671 bits per heavy atom. The van der Waals surface area contributed by atoms with Gasteiger partial charge in [0, 0.05) is 52.0 Å². The van der Waals surface area contributed by atoms with Crippen molar-refractivity contribution in [3.8, 4) is 101 Å². The molecule has 0 spiro atoms. The molecule has 0 aliphatic heterocycles. The maximum absolute atomic E-state index is 5.17. The lowest BCUT2D eigenvalue weighted by molar-refractivity contribution is 0.332. The monoisotopic (exact) mass is 903 g/mol. The second kappa shape index (κ2) is 18.1. The van der Waals surface area contributed by atoms with E-state index in [1.165, 1.54) is 40.7 Å². The van der Waals surface area contributed by atoms with Gasteiger partial charge >= 0.3 is 0 Å². The molecule has 3 heterocycles. The molecule has 0 unspecified atom stereocenters. The number of pyridine rings is 3. The van der Waals surface area contributed by atoms with Crippen molar-refractivity contribution in [2.75, 3.05) is 0 Å². The zero-order valence-corrected chi connectivity index (χ0v) is 41.0. The molecule has 340 valence electrons. The van der Waals surface area contributed by atoms with Crippen LogP contribution in [0, 0.1) is 13.8 Å². The van der Waals surface area contributed by atoms with Gasteiger partial charge in [0.05, 0.1) is 17.1 Å². The van der Waals surface area contributed by atoms with Crippen molar-refractivity contribution in [2.24, 2.45) is 0 Å². The van der Waals surface area contributed by atoms with Crippen molar-refractivity contribution in [3.05, 3.63) is 235 Å². The van der Waals surface area contributed by atoms with Gasteiger partial charge in [-0.3, -0.25) is 15.0 Å². The maximum atomic E-state index is 5.17. The molecule has 10 aromatic rings. The van der Waals surface area contributed by atoms with Gasteiger partial charge in [0.25, 0.3) is 0 Å². The first kappa shape index (κ1) is 44.5. The minimum absolute atomic E-state index is 0.125. The van der Waals surface area contributed by atoms with Crippen LogP contribution in [0.2, 0.25) is 0 Å². The van der Waals surface area contributed by atoms with E-state index < -0.39 is 0 Å². The number of hydrogen-bond donors (Lipinski definition) is 0. The predicted molar refractivity (Wildman–Crippen MR) is 294 cm³/mol. The van der Waals surface area contributed by atoms with E-state index in [9.17, 15) is 0 Å². The summed E-state index contributed by atoms with van der Waals surface area (Å²) in [4.78, 5) is 15.2. The number of rotatable bonds is 9. The Kier molecular flexibility index (Phi) is 11.5. The number of fused-ring (bicyclic) bond motifs is 1. The molecule has 11 rings (SSSR count). The van der Waals surface area contributed by atoms with Crippen LogP contribution in [0.1, 0.15) is 62.8 Å². The summed E-state index contributed by atoms with van der Waals surface area (Å²) in [5, 5.41) is 0. The molecule has 70 heavy (non-hydrogen) atoms. The van der Waals surface area contributed by atoms with Crippen molar-refractivity contribution in [3.63, 3.8) is 0 Å². The van der Waals surface area contributed by atoms with E-state index in [2.05, 4.69) is 230 Å². The zero-order chi connectivity index (χ0) is 48.0. The summed E-state index contributed by atoms with van der Waals surface area (Å²) in [5.74, 6) is 0. The smallest absolute Gasteiger partial charge is 0.0705 e. The molecule has 7 aromatic carbocycles. The van der Waals surface area contributed by atoms with Crippen LogP contribution in [0.5, 0.6) is 0 Å². The normalized spacial score (nSPS) is 13.7. The second-order valence-electron chi connectivity index (χ2n) is 20.4. The Labute approximate surface area is 413 Å². The van der Waals surface area contributed by atoms with Gasteiger partial charge in [-0.2, -0.15) is 0 Å². The number of hydrogen-bond acceptors (Lipinski definition) is 3. The van der Waals surface area contributed by atoms with E-state index in [1.807, 2.05) is 24.5 Å². The first-order valence-corrected chi connectivity index (χ1v) is 24.6. The fraction of sp³-hybridized carbons (Fsp3) is 0.149. The highest BCUT2D eigenvalue weighted by Crippen LogP contribution is 2.48. The molecule has 0 atom stereocenters. The highest BCUT2D eigenvalue weighted by molar-refractivity contribution is 5.95. The van der Waals surface area contributed by atoms with E-state index in [0.717, 1.165) is 95.0 Å². The third-order valence-corrected chi connectivity index (χ3v) is 14.8. The number of aromatic nitrogens is 3. The topological polar surface area (TPSA) is 38.7 Å². The molecule has 3 nitrogen and oxygen atoms in total. The van der Waals surface area contributed by atoms with E-state index in [4.69, 9.17) is 15.0 Å². The molecule has 1 aliphatic carbocycles. The largest absolute Gasteiger partial charge is 0.256 e. The third-order valence-electron chi connectivity index (χ3n) is 14.8. The van der Waals surface area contributed by atoms with E-state index in [-0.39, 0.29) is 10.8 Å². The zero-order valence-electron chi connectivity index (χ0n) is 41.0. The molecule has 0 saturated heterocycles. The first-order chi connectivity index (χ1) is 34.0. The second-order valence-corrected chi connectivity index (χ2v) is 20.4. The molecule has 0 fully saturated rings. The fourth-order valence-electron chi connectivity index (χ4n) is 10.7. The quantitative estimate of drug-likeness (QED) is 0.145. The Hall–Kier alpha value is -8.01. The van der Waals surface area contributed by atoms with Crippen LogP contribution in [0.4, 0.5) is 0 Å². The molecular formula is C67H57N3. The Morgan fingerprint density at radius 3 is 1.11 bits per heavy atom. The van der Waals surface area contributed by atoms with Crippen LogP contribution in [-0.4, -0.2) is 15.0 Å². The lowest BCUT2D eigenvalue weighted by Gasteiger charge is -2.42. The SMILES string of the molecule is Cc1cc(-c2ccccc2)ncc1-c1ccccc1-c1cc(-c2ccccc2-c2ccc(-c3ccc4c(c3)C(C)(C)CCC4(C)C)nc2)cc(-c2ccccc2-c2cnc(-c3ccccc3)cc2C)c1. The van der Waals surface area contributed by atoms with Crippen LogP contribution >= 0.6 is 0 Å². The van der Waals surface area contributed by atoms with Crippen LogP contribution in [-0.2, 0) is 10.8 Å². The number of benzene rings is 7. The summed E-state index contributed by atoms with van der Waals surface area (Å²) < 4.78 is 0. The molecule has 1 aliphatic rings. The lowest BCUT2D eigenvalue weighted by Crippen LogP contribution is -2.33. The summed E-state index contributed by atoms with van der Waals surface area (Å²) in [6.07, 6.45) is 8.52. The average molecular weight is 904 g/mol. The minimum Gasteiger partial charge on any atom is -0.256 e. The lowest BCUT2D eigenvalue weighted by atomic mass is 9.63. The number of nitrogens with zero attached hydrogens (tertiary/aromatic N) is 3. The van der Waals surface area contributed by atoms with Crippen molar-refractivity contribution < 1.29 is 0 Å². The van der Waals surface area contributed by atoms with Gasteiger partial charge < -0.3 is 0 Å². The minimum atomic E-state index is 0.125. The summed E-state index contributed by atoms with van der Waals surface area (Å²) in [6, 6.07) is 70.1. The van der Waals surface area contributed by atoms with Gasteiger partial charge in [-0.15, -0.1) is 0 Å². The molecule has 0 N–H and O–H groups in total. The van der Waals surface area contributed by atoms with Gasteiger partial charge in [-0.05, 0) is 152 Å². The van der Waals surface area contributed by atoms with Crippen LogP contribution in [0.25, 0.3) is 101 Å². The van der Waals surface area contributed by atoms with E-state index >= 15 is 0 Å². The molecule has 3 aromatic heterocycles. The molecule has 0 bridgehead atoms. The van der Waals surface area contributed by atoms with Crippen molar-refractivity contribution in [2.45, 2.75) is 65.2 Å². The summed E-state index contributed by atoms with van der Waals surface area (Å²) in [7, 11) is 0. The summed E-state index contributed by atoms with van der Waals surface area (Å²) in [5.41, 5.74) is 25.4. The Morgan fingerprint density at radius 1 is 0.286 bits per heavy atom. The molecule has 3 heteroatoms. The van der Waals surface area contributed by atoms with E-state index in [0.29, 0.717) is 0 Å². The first-order valence-electron chi connectivity index (χ1n) is 24.6. The molecular weight excluding hydrogens is 847 g/mol. The van der Waals surface area contributed by atoms with Gasteiger partial charge in [-0.25, -0.2) is 0 Å². The van der Waals surface area contributed by atoms with Crippen LogP contribution in [0.3, 0.4) is 0 Å². The van der Waals surface area contributed by atoms with Gasteiger partial charge in [-0.1, -0.05) is 179 Å². The van der Waals surface area contributed by atoms with Crippen molar-refractivity contribution >= 4 is 0 Å². The van der Waals surface area contributed by atoms with Crippen LogP contribution in [0.15, 0.2) is 213 Å². The molecule has 0 saturated carbocycles. The highest BCUT2D eigenvalue weighted by atomic mass is 14.7. The summed E-state index contributed by atoms with van der Waals surface area (Å²) >= 11 is 0. The Balaban J connectivity index is 1.05. The van der Waals surface area contributed by atoms with Gasteiger partial charge in [0.1, 0.15) is 0 Å². The van der Waals surface area contributed by atoms with Gasteiger partial charge in [0.2, 0.25) is 0 Å². The fourth-order valence-corrected chi connectivity index (χ4v) is 10.7. The van der Waals surface area contributed by atoms with Crippen molar-refractivity contribution in [1.29, 1.82) is 0 Å². The molecule has 0 amide bonds. The maximum Gasteiger partial charge on any atom is 0.0705 e. The van der Waals surface area contributed by atoms with E-state index in [1.54, 1.807) is 0 Å². The summed E-state index contributed by atoms with van der Waals surface area (Å²) in [6.45, 7) is 13.9. The number of aryl methyl sites for hydroxylation is 2. The molecule has 0 radical (unpaired) electrons. The average Bonchev–Trinajstić information content (AvgIpc) is 3.40. The standard InChI is InChI=1S/C67H57N3/c1-44-35-64(46-19-9-7-10-20-46)69-42-59(44)57-27-17-15-25-55(57)51-37-50(38-52(39-51)56-26-16-18-28-58(56)60-43-70-65(36-45(60)2)47-21-11-8-12-22-47)54-24-14-13-23-53(54)49-30-32-63(68-41-49)48-29-31-61-62(40-48)67(5,6)34-33-66(61,3)4/h7-32,35-43H,33-34H2,1-6H3. The van der Waals surface area contributed by atoms with Gasteiger partial charge in [0.15, 0.2) is 0 Å². The van der Waals surface area contributed by atoms with Crippen LogP contribution < -0.4 is 0 Å². The predicted octanol–water partition coefficient (Wildman–Crippen LogP) is 17.8. The third kappa shape index (κ3) is 8.47. The van der Waals surface area contributed by atoms with Crippen molar-refractivity contribution in [1.82, 2.24) is 15.0 Å². The highest BCUT2D eigenvalue weighted by Gasteiger charge is 2.37.